The second-order valence-electron chi connectivity index (χ2n) is 7.12. The summed E-state index contributed by atoms with van der Waals surface area (Å²) in [5, 5.41) is 3.37. The van der Waals surface area contributed by atoms with Gasteiger partial charge in [-0.1, -0.05) is 20.8 Å². The van der Waals surface area contributed by atoms with Crippen LogP contribution in [0.15, 0.2) is 23.5 Å². The molecule has 1 saturated heterocycles. The van der Waals surface area contributed by atoms with Gasteiger partial charge in [-0.3, -0.25) is 0 Å². The first-order valence-corrected chi connectivity index (χ1v) is 8.08. The van der Waals surface area contributed by atoms with Crippen LogP contribution in [-0.4, -0.2) is 52.8 Å². The van der Waals surface area contributed by atoms with Gasteiger partial charge in [0.05, 0.1) is 18.9 Å². The lowest BCUT2D eigenvalue weighted by molar-refractivity contribution is 0.0660. The van der Waals surface area contributed by atoms with E-state index in [1.54, 1.807) is 12.4 Å². The van der Waals surface area contributed by atoms with E-state index in [1.165, 1.54) is 0 Å². The first-order valence-electron chi connectivity index (χ1n) is 8.08. The highest BCUT2D eigenvalue weighted by Gasteiger charge is 2.40. The average molecular weight is 331 g/mol. The summed E-state index contributed by atoms with van der Waals surface area (Å²) in [5.74, 6) is 0.997. The van der Waals surface area contributed by atoms with Crippen LogP contribution in [0.25, 0.3) is 5.70 Å². The Morgan fingerprint density at radius 2 is 1.83 bits per heavy atom. The second kappa shape index (κ2) is 6.03. The summed E-state index contributed by atoms with van der Waals surface area (Å²) < 4.78 is 5.43. The fraction of sp³-hybridized carbons (Fsp3) is 0.562. The van der Waals surface area contributed by atoms with Gasteiger partial charge in [-0.25, -0.2) is 15.0 Å². The number of nitrogens with two attached hydrogens (primary N) is 2. The third-order valence-electron chi connectivity index (χ3n) is 4.40. The number of aromatic nitrogens is 2. The summed E-state index contributed by atoms with van der Waals surface area (Å²) in [6.07, 6.45) is 5.31. The van der Waals surface area contributed by atoms with Gasteiger partial charge in [-0.2, -0.15) is 0 Å². The highest BCUT2D eigenvalue weighted by molar-refractivity contribution is 5.92. The van der Waals surface area contributed by atoms with Crippen LogP contribution in [0.1, 0.15) is 26.3 Å². The molecule has 3 heterocycles. The van der Waals surface area contributed by atoms with Crippen LogP contribution in [-0.2, 0) is 4.74 Å². The molecule has 3 rings (SSSR count). The fourth-order valence-corrected chi connectivity index (χ4v) is 2.55. The summed E-state index contributed by atoms with van der Waals surface area (Å²) in [6, 6.07) is 0. The molecule has 0 bridgehead atoms. The largest absolute Gasteiger partial charge is 0.378 e. The van der Waals surface area contributed by atoms with E-state index in [0.717, 1.165) is 30.3 Å². The molecule has 8 nitrogen and oxygen atoms in total. The van der Waals surface area contributed by atoms with Crippen molar-refractivity contribution in [2.75, 3.05) is 32.0 Å². The quantitative estimate of drug-likeness (QED) is 0.682. The van der Waals surface area contributed by atoms with Gasteiger partial charge in [0.1, 0.15) is 5.66 Å². The summed E-state index contributed by atoms with van der Waals surface area (Å²) in [6.45, 7) is 9.13. The van der Waals surface area contributed by atoms with Gasteiger partial charge in [0.15, 0.2) is 0 Å². The van der Waals surface area contributed by atoms with Crippen LogP contribution in [0.3, 0.4) is 0 Å². The molecule has 130 valence electrons. The molecule has 1 fully saturated rings. The molecule has 2 aliphatic heterocycles. The number of nitrogen functional groups attached to an aromatic ring is 1. The van der Waals surface area contributed by atoms with Crippen LogP contribution in [0, 0.1) is 5.41 Å². The van der Waals surface area contributed by atoms with Crippen molar-refractivity contribution in [3.8, 4) is 0 Å². The Labute approximate surface area is 142 Å². The van der Waals surface area contributed by atoms with Gasteiger partial charge in [0, 0.05) is 36.5 Å². The van der Waals surface area contributed by atoms with Crippen LogP contribution in [0.5, 0.6) is 0 Å². The maximum atomic E-state index is 6.66. The molecule has 1 aromatic heterocycles. The number of hydrogen-bond acceptors (Lipinski definition) is 8. The molecule has 1 unspecified atom stereocenters. The number of guanidine groups is 1. The smallest absolute Gasteiger partial charge is 0.219 e. The van der Waals surface area contributed by atoms with E-state index < -0.39 is 5.66 Å². The second-order valence-corrected chi connectivity index (χ2v) is 7.12. The van der Waals surface area contributed by atoms with Crippen LogP contribution < -0.4 is 16.8 Å². The molecule has 0 aliphatic carbocycles. The molecule has 5 N–H and O–H groups in total. The topological polar surface area (TPSA) is 115 Å². The van der Waals surface area contributed by atoms with Crippen molar-refractivity contribution < 1.29 is 4.74 Å². The molecule has 0 amide bonds. The molecule has 1 atom stereocenters. The lowest BCUT2D eigenvalue weighted by Gasteiger charge is -2.42. The minimum absolute atomic E-state index is 0.243. The Balaban J connectivity index is 1.99. The highest BCUT2D eigenvalue weighted by atomic mass is 16.5. The SMILES string of the molecule is CC(C)(C)C1(N)C=C(c2cnc(N)nc2)NC(N2CCOCC2)=N1. The van der Waals surface area contributed by atoms with Crippen molar-refractivity contribution in [2.24, 2.45) is 16.1 Å². The van der Waals surface area contributed by atoms with E-state index in [0.29, 0.717) is 13.2 Å². The van der Waals surface area contributed by atoms with Crippen molar-refractivity contribution in [3.63, 3.8) is 0 Å². The lowest BCUT2D eigenvalue weighted by Crippen LogP contribution is -2.56. The lowest BCUT2D eigenvalue weighted by atomic mass is 9.80. The van der Waals surface area contributed by atoms with Crippen molar-refractivity contribution in [3.05, 3.63) is 24.0 Å². The minimum atomic E-state index is -0.845. The Hall–Kier alpha value is -2.19. The Morgan fingerprint density at radius 3 is 2.42 bits per heavy atom. The maximum absolute atomic E-state index is 6.66. The molecule has 24 heavy (non-hydrogen) atoms. The average Bonchev–Trinajstić information content (AvgIpc) is 2.55. The Kier molecular flexibility index (Phi) is 4.18. The molecule has 0 saturated carbocycles. The fourth-order valence-electron chi connectivity index (χ4n) is 2.55. The monoisotopic (exact) mass is 331 g/mol. The number of ether oxygens (including phenoxy) is 1. The number of aliphatic imine (C=N–C) groups is 1. The summed E-state index contributed by atoms with van der Waals surface area (Å²) in [5.41, 5.74) is 12.8. The molecule has 8 heteroatoms. The zero-order valence-corrected chi connectivity index (χ0v) is 14.4. The standard InChI is InChI=1S/C16H25N7O/c1-15(2,3)16(18)8-12(11-9-19-13(17)20-10-11)21-14(22-16)23-4-6-24-7-5-23/h8-10H,4-7,18H2,1-3H3,(H,21,22)(H2,17,19,20). The van der Waals surface area contributed by atoms with Crippen LogP contribution in [0.4, 0.5) is 5.95 Å². The Morgan fingerprint density at radius 1 is 1.21 bits per heavy atom. The van der Waals surface area contributed by atoms with E-state index in [4.69, 9.17) is 21.2 Å². The van der Waals surface area contributed by atoms with E-state index in [9.17, 15) is 0 Å². The third kappa shape index (κ3) is 3.20. The molecule has 0 spiro atoms. The van der Waals surface area contributed by atoms with E-state index in [2.05, 4.69) is 41.0 Å². The predicted molar refractivity (Wildman–Crippen MR) is 93.8 cm³/mol. The first-order chi connectivity index (χ1) is 11.3. The highest BCUT2D eigenvalue weighted by Crippen LogP contribution is 2.35. The van der Waals surface area contributed by atoms with E-state index in [-0.39, 0.29) is 11.4 Å². The van der Waals surface area contributed by atoms with Crippen molar-refractivity contribution in [2.45, 2.75) is 26.4 Å². The number of nitrogens with zero attached hydrogens (tertiary/aromatic N) is 4. The maximum Gasteiger partial charge on any atom is 0.219 e. The molecule has 0 aromatic carbocycles. The van der Waals surface area contributed by atoms with Crippen molar-refractivity contribution in [1.29, 1.82) is 0 Å². The molecular weight excluding hydrogens is 306 g/mol. The molecule has 1 aromatic rings. The zero-order valence-electron chi connectivity index (χ0n) is 14.4. The number of morpholine rings is 1. The zero-order chi connectivity index (χ0) is 17.4. The normalized spacial score (nSPS) is 24.9. The van der Waals surface area contributed by atoms with E-state index >= 15 is 0 Å². The molecular formula is C16H25N7O. The van der Waals surface area contributed by atoms with Gasteiger partial charge in [-0.15, -0.1) is 0 Å². The van der Waals surface area contributed by atoms with Crippen molar-refractivity contribution in [1.82, 2.24) is 20.2 Å². The number of anilines is 1. The minimum Gasteiger partial charge on any atom is -0.378 e. The van der Waals surface area contributed by atoms with Crippen LogP contribution >= 0.6 is 0 Å². The van der Waals surface area contributed by atoms with Gasteiger partial charge >= 0.3 is 0 Å². The first kappa shape index (κ1) is 16.7. The molecule has 2 aliphatic rings. The predicted octanol–water partition coefficient (Wildman–Crippen LogP) is 0.392. The number of hydrogen-bond donors (Lipinski definition) is 3. The summed E-state index contributed by atoms with van der Waals surface area (Å²) in [4.78, 5) is 15.1. The summed E-state index contributed by atoms with van der Waals surface area (Å²) in [7, 11) is 0. The third-order valence-corrected chi connectivity index (χ3v) is 4.40. The van der Waals surface area contributed by atoms with Crippen molar-refractivity contribution >= 4 is 17.6 Å². The number of nitrogens with one attached hydrogen (secondary N) is 1. The Bertz CT molecular complexity index is 656. The van der Waals surface area contributed by atoms with Gasteiger partial charge in [-0.05, 0) is 6.08 Å². The number of rotatable bonds is 1. The van der Waals surface area contributed by atoms with Gasteiger partial charge in [0.2, 0.25) is 11.9 Å². The molecule has 0 radical (unpaired) electrons. The summed E-state index contributed by atoms with van der Waals surface area (Å²) >= 11 is 0. The van der Waals surface area contributed by atoms with Gasteiger partial charge < -0.3 is 26.4 Å². The van der Waals surface area contributed by atoms with E-state index in [1.807, 2.05) is 6.08 Å². The van der Waals surface area contributed by atoms with Crippen LogP contribution in [0.2, 0.25) is 0 Å². The van der Waals surface area contributed by atoms with Gasteiger partial charge in [0.25, 0.3) is 0 Å².